The Kier molecular flexibility index (Phi) is 12.1. The second-order valence-electron chi connectivity index (χ2n) is 6.88. The van der Waals surface area contributed by atoms with Gasteiger partial charge >= 0.3 is 0 Å². The first-order valence-corrected chi connectivity index (χ1v) is 10.8. The highest BCUT2D eigenvalue weighted by molar-refractivity contribution is 4.89. The molecular weight excluding hydrogens is 408 g/mol. The van der Waals surface area contributed by atoms with Crippen LogP contribution >= 0.6 is 0 Å². The van der Waals surface area contributed by atoms with E-state index in [1.807, 2.05) is 73.4 Å². The van der Waals surface area contributed by atoms with Gasteiger partial charge in [0.25, 0.3) is 0 Å². The molecule has 0 aliphatic rings. The maximum Gasteiger partial charge on any atom is 0.0824 e. The minimum absolute atomic E-state index is 0.904. The molecule has 0 amide bonds. The van der Waals surface area contributed by atoms with Gasteiger partial charge in [-0.2, -0.15) is 0 Å². The van der Waals surface area contributed by atoms with Crippen molar-refractivity contribution in [2.45, 2.75) is 74.5 Å². The van der Waals surface area contributed by atoms with Crippen LogP contribution in [0.4, 0.5) is 0 Å². The van der Waals surface area contributed by atoms with Crippen molar-refractivity contribution in [3.8, 4) is 0 Å². The number of hydrogen-bond donors (Lipinski definition) is 0. The third-order valence-electron chi connectivity index (χ3n) is 3.94. The minimum Gasteiger partial charge on any atom is -0.255 e. The molecule has 0 N–H and O–H groups in total. The molecule has 0 saturated heterocycles. The summed E-state index contributed by atoms with van der Waals surface area (Å²) in [5.41, 5.74) is 3.98. The van der Waals surface area contributed by atoms with Crippen LogP contribution in [0.15, 0.2) is 24.8 Å². The van der Waals surface area contributed by atoms with Crippen LogP contribution in [0.1, 0.15) is 50.5 Å². The Hall–Kier alpha value is -3.44. The van der Waals surface area contributed by atoms with E-state index in [2.05, 4.69) is 48.2 Å². The summed E-state index contributed by atoms with van der Waals surface area (Å²) in [5, 5.41) is 30.4. The second-order valence-corrected chi connectivity index (χ2v) is 6.88. The number of hydrogen-bond acceptors (Lipinski definition) is 8. The van der Waals surface area contributed by atoms with Gasteiger partial charge in [0.1, 0.15) is 0 Å². The topological polar surface area (TPSA) is 123 Å². The van der Waals surface area contributed by atoms with Gasteiger partial charge < -0.3 is 0 Å². The molecule has 4 aromatic rings. The predicted molar refractivity (Wildman–Crippen MR) is 122 cm³/mol. The Morgan fingerprint density at radius 1 is 0.562 bits per heavy atom. The van der Waals surface area contributed by atoms with Crippen LogP contribution in [-0.2, 0) is 33.1 Å². The van der Waals surface area contributed by atoms with Gasteiger partial charge in [0.2, 0.25) is 0 Å². The summed E-state index contributed by atoms with van der Waals surface area (Å²) in [4.78, 5) is 0. The van der Waals surface area contributed by atoms with Crippen molar-refractivity contribution in [2.24, 2.45) is 7.05 Å². The summed E-state index contributed by atoms with van der Waals surface area (Å²) in [6, 6.07) is 0. The molecule has 0 fully saturated rings. The lowest BCUT2D eigenvalue weighted by molar-refractivity contribution is 0.626. The van der Waals surface area contributed by atoms with Gasteiger partial charge in [0, 0.05) is 51.5 Å². The zero-order valence-corrected chi connectivity index (χ0v) is 20.5. The van der Waals surface area contributed by atoms with Crippen molar-refractivity contribution >= 4 is 0 Å². The Morgan fingerprint density at radius 2 is 0.938 bits per heavy atom. The van der Waals surface area contributed by atoms with Crippen LogP contribution in [0.5, 0.6) is 0 Å². The van der Waals surface area contributed by atoms with E-state index in [4.69, 9.17) is 0 Å². The van der Waals surface area contributed by atoms with Gasteiger partial charge in [0.15, 0.2) is 0 Å². The third-order valence-corrected chi connectivity index (χ3v) is 3.94. The van der Waals surface area contributed by atoms with Crippen LogP contribution in [0.3, 0.4) is 0 Å². The van der Waals surface area contributed by atoms with Crippen molar-refractivity contribution in [2.75, 3.05) is 0 Å². The second kappa shape index (κ2) is 14.5. The zero-order valence-electron chi connectivity index (χ0n) is 20.5. The minimum atomic E-state index is 0.904. The van der Waals surface area contributed by atoms with E-state index in [-0.39, 0.29) is 0 Å². The molecule has 0 saturated carbocycles. The Bertz CT molecular complexity index is 833. The number of nitrogens with zero attached hydrogens (tertiary/aromatic N) is 12. The van der Waals surface area contributed by atoms with Gasteiger partial charge in [-0.1, -0.05) is 27.8 Å². The van der Waals surface area contributed by atoms with E-state index in [1.165, 1.54) is 0 Å². The van der Waals surface area contributed by atoms with Gasteiger partial charge in [-0.15, -0.1) is 20.4 Å². The van der Waals surface area contributed by atoms with Crippen LogP contribution in [0.25, 0.3) is 0 Å². The zero-order chi connectivity index (χ0) is 23.9. The van der Waals surface area contributed by atoms with Crippen molar-refractivity contribution < 1.29 is 0 Å². The standard InChI is InChI=1S/4C5H9N3/c1-3-5-4-8(2)7-6-5;3*1-3-8-4-5(2)6-7-8/h4*4H,3H2,1-2H3. The Morgan fingerprint density at radius 3 is 1.06 bits per heavy atom. The summed E-state index contributed by atoms with van der Waals surface area (Å²) in [5.74, 6) is 0. The predicted octanol–water partition coefficient (Wildman–Crippen LogP) is 2.20. The fourth-order valence-corrected chi connectivity index (χ4v) is 2.21. The van der Waals surface area contributed by atoms with Gasteiger partial charge in [-0.05, 0) is 48.0 Å². The van der Waals surface area contributed by atoms with E-state index in [0.717, 1.165) is 48.8 Å². The molecule has 0 radical (unpaired) electrons. The number of aryl methyl sites for hydroxylation is 8. The first kappa shape index (κ1) is 26.6. The summed E-state index contributed by atoms with van der Waals surface area (Å²) in [6.07, 6.45) is 8.63. The summed E-state index contributed by atoms with van der Waals surface area (Å²) < 4.78 is 7.11. The maximum absolute atomic E-state index is 3.85. The fraction of sp³-hybridized carbons (Fsp3) is 0.600. The molecule has 0 spiro atoms. The molecule has 0 aromatic carbocycles. The number of rotatable bonds is 4. The first-order valence-electron chi connectivity index (χ1n) is 10.8. The SMILES string of the molecule is CCc1cn(C)nn1.CCn1cc(C)nn1.CCn1cc(C)nn1.CCn1cc(C)nn1. The molecule has 0 bridgehead atoms. The highest BCUT2D eigenvalue weighted by Crippen LogP contribution is 1.89. The van der Waals surface area contributed by atoms with E-state index in [0.29, 0.717) is 0 Å². The van der Waals surface area contributed by atoms with Crippen LogP contribution < -0.4 is 0 Å². The smallest absolute Gasteiger partial charge is 0.0824 e. The molecule has 12 heteroatoms. The maximum atomic E-state index is 3.85. The lowest BCUT2D eigenvalue weighted by Gasteiger charge is -1.85. The molecular formula is C20H36N12. The Labute approximate surface area is 189 Å². The average Bonchev–Trinajstić information content (AvgIpc) is 3.58. The fourth-order valence-electron chi connectivity index (χ4n) is 2.21. The molecule has 4 rings (SSSR count). The van der Waals surface area contributed by atoms with Crippen LogP contribution in [-0.4, -0.2) is 60.0 Å². The molecule has 32 heavy (non-hydrogen) atoms. The molecule has 12 nitrogen and oxygen atoms in total. The highest BCUT2D eigenvalue weighted by atomic mass is 15.4. The average molecular weight is 445 g/mol. The highest BCUT2D eigenvalue weighted by Gasteiger charge is 1.91. The van der Waals surface area contributed by atoms with Gasteiger partial charge in [0.05, 0.1) is 22.8 Å². The van der Waals surface area contributed by atoms with E-state index in [1.54, 1.807) is 18.7 Å². The monoisotopic (exact) mass is 444 g/mol. The molecule has 4 aromatic heterocycles. The molecule has 176 valence electrons. The van der Waals surface area contributed by atoms with Crippen LogP contribution in [0.2, 0.25) is 0 Å². The Balaban J connectivity index is 0.000000213. The number of aromatic nitrogens is 12. The van der Waals surface area contributed by atoms with Crippen molar-refractivity contribution in [1.29, 1.82) is 0 Å². The van der Waals surface area contributed by atoms with Crippen molar-refractivity contribution in [1.82, 2.24) is 60.0 Å². The quantitative estimate of drug-likeness (QED) is 0.469. The normalized spacial score (nSPS) is 9.75. The molecule has 0 aliphatic heterocycles. The summed E-state index contributed by atoms with van der Waals surface area (Å²) >= 11 is 0. The summed E-state index contributed by atoms with van der Waals surface area (Å²) in [7, 11) is 1.87. The third kappa shape index (κ3) is 10.5. The lowest BCUT2D eigenvalue weighted by Crippen LogP contribution is -1.93. The first-order chi connectivity index (χ1) is 15.3. The van der Waals surface area contributed by atoms with E-state index in [9.17, 15) is 0 Å². The van der Waals surface area contributed by atoms with Crippen molar-refractivity contribution in [3.63, 3.8) is 0 Å². The van der Waals surface area contributed by atoms with Gasteiger partial charge in [-0.25, -0.2) is 0 Å². The van der Waals surface area contributed by atoms with E-state index >= 15 is 0 Å². The van der Waals surface area contributed by atoms with Crippen LogP contribution in [0, 0.1) is 20.8 Å². The van der Waals surface area contributed by atoms with Gasteiger partial charge in [-0.3, -0.25) is 18.7 Å². The molecule has 0 atom stereocenters. The molecule has 0 aliphatic carbocycles. The van der Waals surface area contributed by atoms with Crippen molar-refractivity contribution in [3.05, 3.63) is 47.6 Å². The lowest BCUT2D eigenvalue weighted by atomic mass is 10.4. The molecule has 0 unspecified atom stereocenters. The largest absolute Gasteiger partial charge is 0.255 e. The summed E-state index contributed by atoms with van der Waals surface area (Å²) in [6.45, 7) is 16.7. The van der Waals surface area contributed by atoms with E-state index < -0.39 is 0 Å². The molecule has 4 heterocycles.